The van der Waals surface area contributed by atoms with Crippen LogP contribution in [0.25, 0.3) is 5.69 Å². The smallest absolute Gasteiger partial charge is 0.185 e. The van der Waals surface area contributed by atoms with E-state index in [1.807, 2.05) is 30.5 Å². The standard InChI is InChI=1S/C25H22N4S/c1-18(21-5-4-6-23(14-21)28-10-2-3-11-28)24-16-27-25(30-24)29-12-9-20-8-7-19(15-26)13-22(20)17-29/h2-8,10-11,13-14,16,18H,9,12,17H2,1H3. The summed E-state index contributed by atoms with van der Waals surface area (Å²) < 4.78 is 2.13. The van der Waals surface area contributed by atoms with Crippen LogP contribution in [0.2, 0.25) is 0 Å². The second-order valence-corrected chi connectivity index (χ2v) is 8.76. The van der Waals surface area contributed by atoms with Gasteiger partial charge in [-0.1, -0.05) is 25.1 Å². The molecule has 4 aromatic rings. The Morgan fingerprint density at radius 2 is 1.93 bits per heavy atom. The molecule has 5 heteroatoms. The van der Waals surface area contributed by atoms with Gasteiger partial charge < -0.3 is 9.47 Å². The third-order valence-electron chi connectivity index (χ3n) is 5.83. The number of nitriles is 1. The summed E-state index contributed by atoms with van der Waals surface area (Å²) in [7, 11) is 0. The fraction of sp³-hybridized carbons (Fsp3) is 0.200. The summed E-state index contributed by atoms with van der Waals surface area (Å²) in [4.78, 5) is 8.35. The molecular formula is C25H22N4S. The lowest BCUT2D eigenvalue weighted by Gasteiger charge is -2.28. The molecule has 0 bridgehead atoms. The van der Waals surface area contributed by atoms with Crippen LogP contribution < -0.4 is 4.90 Å². The Bertz CT molecular complexity index is 1220. The van der Waals surface area contributed by atoms with Crippen LogP contribution >= 0.6 is 11.3 Å². The van der Waals surface area contributed by atoms with Gasteiger partial charge in [-0.3, -0.25) is 0 Å². The van der Waals surface area contributed by atoms with Gasteiger partial charge in [-0.05, 0) is 59.5 Å². The lowest BCUT2D eigenvalue weighted by Crippen LogP contribution is -2.30. The number of rotatable bonds is 4. The van der Waals surface area contributed by atoms with Crippen molar-refractivity contribution in [3.8, 4) is 11.8 Å². The number of aromatic nitrogens is 2. The second kappa shape index (κ2) is 7.81. The van der Waals surface area contributed by atoms with Crippen LogP contribution in [0.4, 0.5) is 5.13 Å². The predicted octanol–water partition coefficient (Wildman–Crippen LogP) is 5.52. The zero-order chi connectivity index (χ0) is 20.5. The number of thiazole rings is 1. The number of hydrogen-bond donors (Lipinski definition) is 0. The molecular weight excluding hydrogens is 388 g/mol. The summed E-state index contributed by atoms with van der Waals surface area (Å²) in [5.41, 5.74) is 5.78. The molecule has 4 nitrogen and oxygen atoms in total. The average Bonchev–Trinajstić information content (AvgIpc) is 3.50. The minimum Gasteiger partial charge on any atom is -0.343 e. The van der Waals surface area contributed by atoms with E-state index in [4.69, 9.17) is 4.98 Å². The van der Waals surface area contributed by atoms with Gasteiger partial charge in [0, 0.05) is 48.2 Å². The van der Waals surface area contributed by atoms with Gasteiger partial charge in [0.1, 0.15) is 0 Å². The molecule has 148 valence electrons. The summed E-state index contributed by atoms with van der Waals surface area (Å²) in [6.45, 7) is 4.02. The number of anilines is 1. The highest BCUT2D eigenvalue weighted by atomic mass is 32.1. The van der Waals surface area contributed by atoms with E-state index in [0.717, 1.165) is 30.2 Å². The first-order valence-electron chi connectivity index (χ1n) is 10.2. The van der Waals surface area contributed by atoms with E-state index < -0.39 is 0 Å². The first-order chi connectivity index (χ1) is 14.7. The summed E-state index contributed by atoms with van der Waals surface area (Å²) in [5.74, 6) is 0.286. The first-order valence-corrected chi connectivity index (χ1v) is 11.0. The fourth-order valence-electron chi connectivity index (χ4n) is 4.04. The molecule has 0 amide bonds. The van der Waals surface area contributed by atoms with Gasteiger partial charge >= 0.3 is 0 Å². The van der Waals surface area contributed by atoms with Crippen LogP contribution in [0.15, 0.2) is 73.2 Å². The van der Waals surface area contributed by atoms with Crippen molar-refractivity contribution in [2.75, 3.05) is 11.4 Å². The van der Waals surface area contributed by atoms with Crippen molar-refractivity contribution in [3.63, 3.8) is 0 Å². The molecule has 0 spiro atoms. The Hall–Kier alpha value is -3.36. The number of nitrogens with zero attached hydrogens (tertiary/aromatic N) is 4. The third-order valence-corrected chi connectivity index (χ3v) is 7.07. The van der Waals surface area contributed by atoms with Gasteiger partial charge in [-0.15, -0.1) is 11.3 Å². The molecule has 0 fully saturated rings. The zero-order valence-corrected chi connectivity index (χ0v) is 17.6. The maximum atomic E-state index is 9.20. The SMILES string of the molecule is CC(c1cccc(-n2cccc2)c1)c1cnc(N2CCc3ccc(C#N)cc3C2)s1. The maximum absolute atomic E-state index is 9.20. The van der Waals surface area contributed by atoms with E-state index >= 15 is 0 Å². The topological polar surface area (TPSA) is 44.9 Å². The van der Waals surface area contributed by atoms with Crippen molar-refractivity contribution in [1.29, 1.82) is 5.26 Å². The molecule has 2 aromatic heterocycles. The first kappa shape index (κ1) is 18.7. The molecule has 0 radical (unpaired) electrons. The molecule has 0 saturated carbocycles. The van der Waals surface area contributed by atoms with Crippen LogP contribution in [0, 0.1) is 11.3 Å². The Kier molecular flexibility index (Phi) is 4.86. The van der Waals surface area contributed by atoms with Crippen molar-refractivity contribution >= 4 is 16.5 Å². The highest BCUT2D eigenvalue weighted by Crippen LogP contribution is 2.35. The Morgan fingerprint density at radius 3 is 2.77 bits per heavy atom. The average molecular weight is 411 g/mol. The van der Waals surface area contributed by atoms with E-state index in [1.165, 1.54) is 27.3 Å². The third kappa shape index (κ3) is 3.51. The Morgan fingerprint density at radius 1 is 1.07 bits per heavy atom. The number of benzene rings is 2. The molecule has 30 heavy (non-hydrogen) atoms. The molecule has 1 aliphatic heterocycles. The summed E-state index contributed by atoms with van der Waals surface area (Å²) in [6, 6.07) is 21.1. The van der Waals surface area contributed by atoms with Gasteiger partial charge in [0.05, 0.1) is 11.6 Å². The molecule has 5 rings (SSSR count). The minimum absolute atomic E-state index is 0.286. The summed E-state index contributed by atoms with van der Waals surface area (Å²) >= 11 is 1.77. The second-order valence-electron chi connectivity index (χ2n) is 7.72. The molecule has 2 aromatic carbocycles. The van der Waals surface area contributed by atoms with Gasteiger partial charge in [-0.2, -0.15) is 5.26 Å². The van der Waals surface area contributed by atoms with Crippen molar-refractivity contribution in [3.05, 3.63) is 100 Å². The van der Waals surface area contributed by atoms with Crippen molar-refractivity contribution in [1.82, 2.24) is 9.55 Å². The molecule has 1 atom stereocenters. The van der Waals surface area contributed by atoms with Crippen molar-refractivity contribution in [2.24, 2.45) is 0 Å². The van der Waals surface area contributed by atoms with E-state index in [1.54, 1.807) is 11.3 Å². The molecule has 1 aliphatic rings. The van der Waals surface area contributed by atoms with Gasteiger partial charge in [0.2, 0.25) is 0 Å². The van der Waals surface area contributed by atoms with E-state index in [2.05, 4.69) is 65.2 Å². The lowest BCUT2D eigenvalue weighted by molar-refractivity contribution is 0.728. The molecule has 0 saturated heterocycles. The molecule has 1 unspecified atom stereocenters. The maximum Gasteiger partial charge on any atom is 0.185 e. The van der Waals surface area contributed by atoms with Gasteiger partial charge in [0.15, 0.2) is 5.13 Å². The molecule has 0 N–H and O–H groups in total. The van der Waals surface area contributed by atoms with Gasteiger partial charge in [0.25, 0.3) is 0 Å². The summed E-state index contributed by atoms with van der Waals surface area (Å²) in [5, 5.41) is 10.3. The summed E-state index contributed by atoms with van der Waals surface area (Å²) in [6.07, 6.45) is 7.15. The molecule has 3 heterocycles. The van der Waals surface area contributed by atoms with Crippen LogP contribution in [0.1, 0.15) is 40.0 Å². The lowest BCUT2D eigenvalue weighted by atomic mass is 9.98. The minimum atomic E-state index is 0.286. The van der Waals surface area contributed by atoms with Crippen LogP contribution in [0.3, 0.4) is 0 Å². The molecule has 0 aliphatic carbocycles. The van der Waals surface area contributed by atoms with Crippen molar-refractivity contribution < 1.29 is 0 Å². The van der Waals surface area contributed by atoms with E-state index in [0.29, 0.717) is 0 Å². The van der Waals surface area contributed by atoms with E-state index in [-0.39, 0.29) is 5.92 Å². The monoisotopic (exact) mass is 410 g/mol. The predicted molar refractivity (Wildman–Crippen MR) is 121 cm³/mol. The van der Waals surface area contributed by atoms with Crippen LogP contribution in [-0.4, -0.2) is 16.1 Å². The van der Waals surface area contributed by atoms with Crippen molar-refractivity contribution in [2.45, 2.75) is 25.8 Å². The number of fused-ring (bicyclic) bond motifs is 1. The highest BCUT2D eigenvalue weighted by molar-refractivity contribution is 7.15. The Labute approximate surface area is 180 Å². The van der Waals surface area contributed by atoms with Crippen LogP contribution in [0.5, 0.6) is 0 Å². The number of hydrogen-bond acceptors (Lipinski definition) is 4. The van der Waals surface area contributed by atoms with Crippen LogP contribution in [-0.2, 0) is 13.0 Å². The Balaban J connectivity index is 1.37. The largest absolute Gasteiger partial charge is 0.343 e. The fourth-order valence-corrected chi connectivity index (χ4v) is 5.06. The van der Waals surface area contributed by atoms with Gasteiger partial charge in [-0.25, -0.2) is 4.98 Å². The zero-order valence-electron chi connectivity index (χ0n) is 16.8. The highest BCUT2D eigenvalue weighted by Gasteiger charge is 2.21. The van der Waals surface area contributed by atoms with E-state index in [9.17, 15) is 5.26 Å². The normalized spacial score (nSPS) is 14.2. The quantitative estimate of drug-likeness (QED) is 0.445.